The van der Waals surface area contributed by atoms with E-state index in [1.807, 2.05) is 48.6 Å². The van der Waals surface area contributed by atoms with Crippen molar-refractivity contribution in [2.45, 2.75) is 76.8 Å². The number of carbonyl (C=O) groups is 1. The molecular formula is C35H40O5. The molecule has 5 nitrogen and oxygen atoms in total. The molecule has 0 N–H and O–H groups in total. The molecule has 2 unspecified atom stereocenters. The molecule has 2 saturated heterocycles. The van der Waals surface area contributed by atoms with Gasteiger partial charge in [0.2, 0.25) is 0 Å². The van der Waals surface area contributed by atoms with Crippen molar-refractivity contribution >= 4 is 17.9 Å². The molecule has 2 heterocycles. The Morgan fingerprint density at radius 1 is 0.725 bits per heavy atom. The first kappa shape index (κ1) is 28.1. The van der Waals surface area contributed by atoms with Crippen LogP contribution in [0.5, 0.6) is 11.5 Å². The van der Waals surface area contributed by atoms with Crippen LogP contribution in [0.15, 0.2) is 72.9 Å². The van der Waals surface area contributed by atoms with Crippen molar-refractivity contribution in [3.05, 3.63) is 95.1 Å². The molecule has 2 atom stereocenters. The number of rotatable bonds is 10. The van der Waals surface area contributed by atoms with E-state index in [1.165, 1.54) is 0 Å². The van der Waals surface area contributed by atoms with E-state index in [2.05, 4.69) is 25.3 Å². The lowest BCUT2D eigenvalue weighted by molar-refractivity contribution is -0.111. The van der Waals surface area contributed by atoms with Gasteiger partial charge in [-0.1, -0.05) is 24.3 Å². The topological polar surface area (TPSA) is 54.0 Å². The average molecular weight is 541 g/mol. The summed E-state index contributed by atoms with van der Waals surface area (Å²) in [6.07, 6.45) is 16.5. The highest BCUT2D eigenvalue weighted by Gasteiger charge is 2.24. The number of Topliss-reactive ketones (excluding diaryl/α,β-unsaturated/α-hetero) is 1. The zero-order valence-corrected chi connectivity index (χ0v) is 23.4. The fourth-order valence-electron chi connectivity index (χ4n) is 5.51. The molecule has 3 fully saturated rings. The van der Waals surface area contributed by atoms with E-state index in [1.54, 1.807) is 0 Å². The molecule has 3 aliphatic rings. The summed E-state index contributed by atoms with van der Waals surface area (Å²) >= 11 is 0. The van der Waals surface area contributed by atoms with Gasteiger partial charge < -0.3 is 18.9 Å². The van der Waals surface area contributed by atoms with Crippen LogP contribution < -0.4 is 9.47 Å². The Morgan fingerprint density at radius 3 is 1.60 bits per heavy atom. The van der Waals surface area contributed by atoms with Gasteiger partial charge in [-0.15, -0.1) is 13.2 Å². The first-order valence-electron chi connectivity index (χ1n) is 14.6. The Balaban J connectivity index is 1.30. The summed E-state index contributed by atoms with van der Waals surface area (Å²) < 4.78 is 23.8. The molecule has 0 amide bonds. The van der Waals surface area contributed by atoms with Gasteiger partial charge >= 0.3 is 0 Å². The van der Waals surface area contributed by atoms with Gasteiger partial charge in [-0.05, 0) is 110 Å². The maximum absolute atomic E-state index is 13.3. The molecule has 5 heteroatoms. The number of ketones is 1. The van der Waals surface area contributed by atoms with E-state index < -0.39 is 0 Å². The smallest absolute Gasteiger partial charge is 0.199 e. The van der Waals surface area contributed by atoms with E-state index in [4.69, 9.17) is 18.9 Å². The van der Waals surface area contributed by atoms with Gasteiger partial charge in [0.1, 0.15) is 11.5 Å². The van der Waals surface area contributed by atoms with Crippen LogP contribution in [0.2, 0.25) is 0 Å². The summed E-state index contributed by atoms with van der Waals surface area (Å²) in [6.45, 7) is 9.30. The second-order valence-corrected chi connectivity index (χ2v) is 10.7. The number of hydrogen-bond donors (Lipinski definition) is 0. The summed E-state index contributed by atoms with van der Waals surface area (Å²) in [4.78, 5) is 13.3. The van der Waals surface area contributed by atoms with Crippen molar-refractivity contribution < 1.29 is 23.7 Å². The zero-order chi connectivity index (χ0) is 27.7. The number of benzene rings is 2. The molecular weight excluding hydrogens is 500 g/mol. The predicted octanol–water partition coefficient (Wildman–Crippen LogP) is 7.78. The van der Waals surface area contributed by atoms with Crippen LogP contribution in [0, 0.1) is 0 Å². The van der Waals surface area contributed by atoms with Crippen LogP contribution in [-0.4, -0.2) is 31.6 Å². The lowest BCUT2D eigenvalue weighted by Gasteiger charge is -2.24. The Morgan fingerprint density at radius 2 is 1.20 bits per heavy atom. The fraction of sp³-hybridized carbons (Fsp3) is 0.400. The van der Waals surface area contributed by atoms with Crippen molar-refractivity contribution in [2.75, 3.05) is 13.2 Å². The molecule has 0 spiro atoms. The second-order valence-electron chi connectivity index (χ2n) is 10.7. The van der Waals surface area contributed by atoms with Gasteiger partial charge in [-0.25, -0.2) is 0 Å². The monoisotopic (exact) mass is 540 g/mol. The number of carbonyl (C=O) groups excluding carboxylic acids is 1. The highest BCUT2D eigenvalue weighted by atomic mass is 16.7. The van der Waals surface area contributed by atoms with E-state index in [0.29, 0.717) is 12.8 Å². The molecule has 0 bridgehead atoms. The number of hydrogen-bond acceptors (Lipinski definition) is 5. The van der Waals surface area contributed by atoms with Crippen molar-refractivity contribution in [1.29, 1.82) is 0 Å². The minimum Gasteiger partial charge on any atom is -0.465 e. The summed E-state index contributed by atoms with van der Waals surface area (Å²) in [7, 11) is 0. The van der Waals surface area contributed by atoms with Crippen LogP contribution in [-0.2, 0) is 27.1 Å². The normalized spacial score (nSPS) is 23.4. The van der Waals surface area contributed by atoms with Gasteiger partial charge in [0, 0.05) is 24.0 Å². The molecule has 5 rings (SSSR count). The zero-order valence-electron chi connectivity index (χ0n) is 23.4. The van der Waals surface area contributed by atoms with Gasteiger partial charge in [-0.2, -0.15) is 0 Å². The Bertz CT molecular complexity index is 1180. The standard InChI is InChI=1S/C35H40O5/c1-3-9-27-21-25(13-17-31(27)39-33-11-5-7-19-37-33)23-29-15-16-30(35(29)36)24-26-14-18-32(28(22-26)10-4-2)40-34-12-6-8-20-38-34/h3-4,13-14,17-18,21-24,33-34H,1-2,5-12,15-16,19-20H2/b29-23+,30-24+. The first-order valence-corrected chi connectivity index (χ1v) is 14.6. The highest BCUT2D eigenvalue weighted by molar-refractivity contribution is 6.15. The summed E-state index contributed by atoms with van der Waals surface area (Å²) in [5.74, 6) is 1.76. The largest absolute Gasteiger partial charge is 0.465 e. The molecule has 2 aliphatic heterocycles. The van der Waals surface area contributed by atoms with Gasteiger partial charge in [0.15, 0.2) is 18.4 Å². The molecule has 0 aromatic heterocycles. The molecule has 2 aromatic rings. The molecule has 210 valence electrons. The third-order valence-corrected chi connectivity index (χ3v) is 7.62. The van der Waals surface area contributed by atoms with Crippen molar-refractivity contribution in [1.82, 2.24) is 0 Å². The van der Waals surface area contributed by atoms with Crippen molar-refractivity contribution in [3.63, 3.8) is 0 Å². The second kappa shape index (κ2) is 13.8. The lowest BCUT2D eigenvalue weighted by atomic mass is 10.0. The minimum absolute atomic E-state index is 0.113. The van der Waals surface area contributed by atoms with E-state index in [-0.39, 0.29) is 18.4 Å². The maximum Gasteiger partial charge on any atom is 0.199 e. The summed E-state index contributed by atoms with van der Waals surface area (Å²) in [6, 6.07) is 12.2. The first-order chi connectivity index (χ1) is 19.6. The number of ether oxygens (including phenoxy) is 4. The van der Waals surface area contributed by atoms with E-state index in [9.17, 15) is 4.79 Å². The SMILES string of the molecule is C=CCc1cc(/C=C2\CC/C(=C\c3ccc(OC4CCCCO4)c(CC=C)c3)C2=O)ccc1OC1CCCCO1. The molecule has 2 aromatic carbocycles. The summed E-state index contributed by atoms with van der Waals surface area (Å²) in [5, 5.41) is 0. The van der Waals surface area contributed by atoms with Crippen molar-refractivity contribution in [3.8, 4) is 11.5 Å². The van der Waals surface area contributed by atoms with Gasteiger partial charge in [0.25, 0.3) is 0 Å². The van der Waals surface area contributed by atoms with E-state index >= 15 is 0 Å². The Kier molecular flexibility index (Phi) is 9.69. The van der Waals surface area contributed by atoms with Crippen LogP contribution in [0.1, 0.15) is 73.6 Å². The van der Waals surface area contributed by atoms with Crippen molar-refractivity contribution in [2.24, 2.45) is 0 Å². The fourth-order valence-corrected chi connectivity index (χ4v) is 5.51. The van der Waals surface area contributed by atoms with Crippen LogP contribution in [0.4, 0.5) is 0 Å². The van der Waals surface area contributed by atoms with Crippen LogP contribution in [0.3, 0.4) is 0 Å². The number of allylic oxidation sites excluding steroid dienone is 4. The van der Waals surface area contributed by atoms with Gasteiger partial charge in [0.05, 0.1) is 13.2 Å². The third kappa shape index (κ3) is 7.21. The average Bonchev–Trinajstić information content (AvgIpc) is 3.31. The molecule has 0 radical (unpaired) electrons. The quantitative estimate of drug-likeness (QED) is 0.227. The molecule has 1 saturated carbocycles. The Hall–Kier alpha value is -3.41. The predicted molar refractivity (Wildman–Crippen MR) is 159 cm³/mol. The minimum atomic E-state index is -0.196. The lowest BCUT2D eigenvalue weighted by Crippen LogP contribution is -2.25. The maximum atomic E-state index is 13.3. The molecule has 40 heavy (non-hydrogen) atoms. The summed E-state index contributed by atoms with van der Waals surface area (Å²) in [5.41, 5.74) is 5.77. The molecule has 1 aliphatic carbocycles. The van der Waals surface area contributed by atoms with Crippen LogP contribution >= 0.6 is 0 Å². The Labute approximate surface area is 238 Å². The third-order valence-electron chi connectivity index (χ3n) is 7.62. The van der Waals surface area contributed by atoms with E-state index in [0.717, 1.165) is 109 Å². The highest BCUT2D eigenvalue weighted by Crippen LogP contribution is 2.33. The van der Waals surface area contributed by atoms with Crippen LogP contribution in [0.25, 0.3) is 12.2 Å². The van der Waals surface area contributed by atoms with Gasteiger partial charge in [-0.3, -0.25) is 4.79 Å².